The van der Waals surface area contributed by atoms with E-state index in [1.165, 1.54) is 7.11 Å². The minimum atomic E-state index is -1.25. The zero-order valence-corrected chi connectivity index (χ0v) is 34.6. The van der Waals surface area contributed by atoms with Crippen molar-refractivity contribution in [3.63, 3.8) is 0 Å². The summed E-state index contributed by atoms with van der Waals surface area (Å²) in [5.41, 5.74) is 8.15. The van der Waals surface area contributed by atoms with Crippen molar-refractivity contribution in [3.05, 3.63) is 95.2 Å². The zero-order valence-electron chi connectivity index (χ0n) is 34.6. The summed E-state index contributed by atoms with van der Waals surface area (Å²) in [7, 11) is 1.48. The van der Waals surface area contributed by atoms with Gasteiger partial charge in [-0.25, -0.2) is 4.98 Å². The fourth-order valence-corrected chi connectivity index (χ4v) is 10.8. The number of ether oxygens (including phenoxy) is 1. The van der Waals surface area contributed by atoms with E-state index in [9.17, 15) is 30.0 Å². The van der Waals surface area contributed by atoms with Gasteiger partial charge in [-0.1, -0.05) is 60.7 Å². The number of nitrogens with one attached hydrogen (secondary N) is 1. The fraction of sp³-hybridized carbons (Fsp3) is 0.500. The van der Waals surface area contributed by atoms with Gasteiger partial charge in [-0.3, -0.25) is 9.59 Å². The van der Waals surface area contributed by atoms with E-state index in [1.54, 1.807) is 24.4 Å². The van der Waals surface area contributed by atoms with Gasteiger partial charge in [0.2, 0.25) is 0 Å². The van der Waals surface area contributed by atoms with Crippen LogP contribution in [0.1, 0.15) is 111 Å². The number of fused-ring (bicyclic) bond motifs is 3. The van der Waals surface area contributed by atoms with E-state index >= 15 is 0 Å². The standard InChI is InChI=1S/C50H59N3O7/c1-60-46-24-35-11-13-47(58)50(17-14-30(21-48(50)59)6-7-31-20-38-10-12-39(54)26-42(38)53-29-31)18-15-36(41(35)28-45(46)57)23-43(55)44(56)27-40(37-16-19-52-49(51)25-37)34-9-8-32-4-2-3-5-33(32)22-34/h2-5,8-9,16,19,22,24-25,28,30-31,36,38,40,42-44,48,53,55-57,59H,6-7,10-14,17,20-21,23,26-27,29H2,1H3,(H2,51,52). The number of methoxy groups -OCH3 is 1. The number of nitrogens with zero attached hydrogens (tertiary/aromatic N) is 1. The topological polar surface area (TPSA) is 175 Å². The van der Waals surface area contributed by atoms with Crippen molar-refractivity contribution in [2.75, 3.05) is 19.4 Å². The predicted molar refractivity (Wildman–Crippen MR) is 231 cm³/mol. The van der Waals surface area contributed by atoms with Crippen molar-refractivity contribution >= 4 is 28.2 Å². The van der Waals surface area contributed by atoms with E-state index in [4.69, 9.17) is 10.5 Å². The summed E-state index contributed by atoms with van der Waals surface area (Å²) in [6.45, 7) is 0.920. The van der Waals surface area contributed by atoms with Crippen LogP contribution in [0.15, 0.2) is 72.9 Å². The number of aromatic nitrogens is 1. The van der Waals surface area contributed by atoms with Gasteiger partial charge in [0.05, 0.1) is 25.4 Å². The van der Waals surface area contributed by atoms with Crippen LogP contribution in [0.3, 0.4) is 0 Å². The number of aryl methyl sites for hydroxylation is 1. The van der Waals surface area contributed by atoms with Crippen molar-refractivity contribution in [2.24, 2.45) is 23.2 Å². The number of hydrogen-bond acceptors (Lipinski definition) is 10. The summed E-state index contributed by atoms with van der Waals surface area (Å²) >= 11 is 0. The molecule has 4 aromatic rings. The maximum Gasteiger partial charge on any atom is 0.160 e. The van der Waals surface area contributed by atoms with Gasteiger partial charge >= 0.3 is 0 Å². The van der Waals surface area contributed by atoms with Crippen molar-refractivity contribution in [3.8, 4) is 23.3 Å². The summed E-state index contributed by atoms with van der Waals surface area (Å²) in [6.07, 6.45) is 6.22. The Bertz CT molecular complexity index is 2270. The van der Waals surface area contributed by atoms with Crippen LogP contribution >= 0.6 is 0 Å². The Hall–Kier alpha value is -4.79. The van der Waals surface area contributed by atoms with E-state index in [-0.39, 0.29) is 48.4 Å². The molecule has 10 nitrogen and oxygen atoms in total. The predicted octanol–water partition coefficient (Wildman–Crippen LogP) is 6.74. The first-order chi connectivity index (χ1) is 29.0. The molecule has 2 heterocycles. The molecule has 0 amide bonds. The van der Waals surface area contributed by atoms with Crippen LogP contribution < -0.4 is 15.8 Å². The highest BCUT2D eigenvalue weighted by Gasteiger charge is 2.48. The van der Waals surface area contributed by atoms with Crippen molar-refractivity contribution in [1.82, 2.24) is 10.3 Å². The van der Waals surface area contributed by atoms with E-state index < -0.39 is 29.6 Å². The number of rotatable bonds is 11. The third-order valence-electron chi connectivity index (χ3n) is 14.4. The molecule has 10 heteroatoms. The van der Waals surface area contributed by atoms with E-state index in [2.05, 4.69) is 40.3 Å². The molecular weight excluding hydrogens is 755 g/mol. The lowest BCUT2D eigenvalue weighted by molar-refractivity contribution is -0.134. The van der Waals surface area contributed by atoms with Crippen molar-refractivity contribution < 1.29 is 34.8 Å². The monoisotopic (exact) mass is 813 g/mol. The average molecular weight is 814 g/mol. The Balaban J connectivity index is 1.02. The number of piperidine rings is 1. The summed E-state index contributed by atoms with van der Waals surface area (Å²) in [5, 5.41) is 52.4. The number of ketones is 2. The summed E-state index contributed by atoms with van der Waals surface area (Å²) in [6, 6.07) is 21.6. The Morgan fingerprint density at radius 1 is 0.933 bits per heavy atom. The molecule has 1 spiro atoms. The molecule has 2 saturated carbocycles. The second-order valence-corrected chi connectivity index (χ2v) is 18.1. The molecule has 1 aliphatic heterocycles. The highest BCUT2D eigenvalue weighted by Crippen LogP contribution is 2.45. The van der Waals surface area contributed by atoms with Gasteiger partial charge in [-0.15, -0.1) is 0 Å². The smallest absolute Gasteiger partial charge is 0.160 e. The van der Waals surface area contributed by atoms with E-state index in [0.717, 1.165) is 66.1 Å². The lowest BCUT2D eigenvalue weighted by Gasteiger charge is -2.42. The quantitative estimate of drug-likeness (QED) is 0.0890. The summed E-state index contributed by atoms with van der Waals surface area (Å²) < 4.78 is 5.46. The van der Waals surface area contributed by atoms with Gasteiger partial charge in [0.15, 0.2) is 17.3 Å². The van der Waals surface area contributed by atoms with Crippen LogP contribution in [0.5, 0.6) is 11.5 Å². The van der Waals surface area contributed by atoms with Gasteiger partial charge in [0, 0.05) is 43.3 Å². The number of pyridine rings is 1. The third kappa shape index (κ3) is 8.96. The molecule has 60 heavy (non-hydrogen) atoms. The van der Waals surface area contributed by atoms with Crippen LogP contribution in [-0.2, 0) is 16.0 Å². The number of phenols is 1. The first-order valence-electron chi connectivity index (χ1n) is 21.9. The van der Waals surface area contributed by atoms with Gasteiger partial charge in [0.1, 0.15) is 17.0 Å². The van der Waals surface area contributed by atoms with Gasteiger partial charge in [-0.05, 0) is 139 Å². The van der Waals surface area contributed by atoms with Gasteiger partial charge in [0.25, 0.3) is 0 Å². The second kappa shape index (κ2) is 18.1. The molecule has 10 atom stereocenters. The highest BCUT2D eigenvalue weighted by atomic mass is 16.5. The molecule has 3 aliphatic carbocycles. The Morgan fingerprint density at radius 3 is 2.53 bits per heavy atom. The van der Waals surface area contributed by atoms with Crippen LogP contribution in [0.2, 0.25) is 0 Å². The number of carbonyl (C=O) groups is 2. The largest absolute Gasteiger partial charge is 0.504 e. The van der Waals surface area contributed by atoms with Crippen LogP contribution in [0, 0.1) is 35.0 Å². The number of Topliss-reactive ketones (excluding diaryl/α,β-unsaturated/α-hetero) is 2. The number of carbonyl (C=O) groups excluding carboxylic acids is 2. The summed E-state index contributed by atoms with van der Waals surface area (Å²) in [4.78, 5) is 30.4. The molecule has 4 aliphatic rings. The number of anilines is 1. The Labute approximate surface area is 353 Å². The number of aromatic hydroxyl groups is 1. The van der Waals surface area contributed by atoms with Crippen LogP contribution in [0.4, 0.5) is 5.82 Å². The zero-order chi connectivity index (χ0) is 42.0. The molecule has 0 radical (unpaired) electrons. The number of phenolic OH excluding ortho intramolecular Hbond substituents is 1. The maximum atomic E-state index is 14.3. The molecular formula is C50H59N3O7. The molecule has 1 saturated heterocycles. The van der Waals surface area contributed by atoms with Crippen molar-refractivity contribution in [1.29, 1.82) is 0 Å². The van der Waals surface area contributed by atoms with Crippen LogP contribution in [-0.4, -0.2) is 75.0 Å². The second-order valence-electron chi connectivity index (χ2n) is 18.1. The fourth-order valence-electron chi connectivity index (χ4n) is 10.8. The Morgan fingerprint density at radius 2 is 1.73 bits per heavy atom. The molecule has 0 bridgehead atoms. The maximum absolute atomic E-state index is 14.3. The van der Waals surface area contributed by atoms with E-state index in [0.29, 0.717) is 67.1 Å². The molecule has 3 fully saturated rings. The highest BCUT2D eigenvalue weighted by molar-refractivity contribution is 5.89. The molecule has 10 unspecified atom stereocenters. The minimum Gasteiger partial charge on any atom is -0.504 e. The van der Waals surface area contributed by atoms with Gasteiger partial charge in [-0.2, -0.15) is 0 Å². The molecule has 7 N–H and O–H groups in total. The summed E-state index contributed by atoms with van der Waals surface area (Å²) in [5.74, 6) is 7.90. The lowest BCUT2D eigenvalue weighted by Crippen LogP contribution is -2.49. The average Bonchev–Trinajstić information content (AvgIpc) is 3.30. The lowest BCUT2D eigenvalue weighted by atomic mass is 9.64. The van der Waals surface area contributed by atoms with Crippen molar-refractivity contribution in [2.45, 2.75) is 120 Å². The van der Waals surface area contributed by atoms with Crippen LogP contribution in [0.25, 0.3) is 10.8 Å². The molecule has 1 aromatic heterocycles. The first-order valence-corrected chi connectivity index (χ1v) is 21.9. The van der Waals surface area contributed by atoms with E-state index in [1.807, 2.05) is 30.3 Å². The normalized spacial score (nSPS) is 28.3. The Kier molecular flexibility index (Phi) is 12.6. The number of benzene rings is 3. The first kappa shape index (κ1) is 41.9. The minimum absolute atomic E-state index is 0.0320. The number of aliphatic hydroxyl groups excluding tert-OH is 3. The SMILES string of the molecule is COc1cc2c(cc1O)C(CC(O)C(O)CC(c1ccnc(N)c1)c1ccc3ccccc3c1)C#CC1(CCC(CCC3CNC4CC(=O)CCC4C3)CC1O)C(=O)CC2. The number of hydrogen-bond donors (Lipinski definition) is 6. The third-order valence-corrected chi connectivity index (χ3v) is 14.4. The number of nitrogen functional groups attached to an aromatic ring is 1. The van der Waals surface area contributed by atoms with Gasteiger partial charge < -0.3 is 36.2 Å². The molecule has 3 aromatic carbocycles. The molecule has 8 rings (SSSR count). The molecule has 316 valence electrons. The number of nitrogens with two attached hydrogens (primary N) is 1. The number of aliphatic hydroxyl groups is 3.